The summed E-state index contributed by atoms with van der Waals surface area (Å²) in [7, 11) is 0. The Morgan fingerprint density at radius 3 is 2.24 bits per heavy atom. The van der Waals surface area contributed by atoms with Crippen LogP contribution in [0.1, 0.15) is 34.1 Å². The quantitative estimate of drug-likeness (QED) is 0.0990. The predicted molar refractivity (Wildman–Crippen MR) is 153 cm³/mol. The number of nitro groups is 1. The first-order valence-corrected chi connectivity index (χ1v) is 13.7. The number of nitro benzene ring substituents is 1. The number of hydrogen-bond donors (Lipinski definition) is 0. The zero-order valence-corrected chi connectivity index (χ0v) is 23.6. The van der Waals surface area contributed by atoms with Gasteiger partial charge in [-0.05, 0) is 66.9 Å². The van der Waals surface area contributed by atoms with Gasteiger partial charge < -0.3 is 4.74 Å². The molecule has 12 heteroatoms. The average Bonchev–Trinajstić information content (AvgIpc) is 3.22. The molecule has 3 aromatic rings. The maximum absolute atomic E-state index is 13.8. The Hall–Kier alpha value is -4.54. The first-order valence-electron chi connectivity index (χ1n) is 12.9. The molecule has 2 aliphatic rings. The van der Waals surface area contributed by atoms with Crippen molar-refractivity contribution >= 4 is 52.4 Å². The van der Waals surface area contributed by atoms with Crippen molar-refractivity contribution in [3.63, 3.8) is 0 Å². The van der Waals surface area contributed by atoms with Gasteiger partial charge in [-0.25, -0.2) is 5.01 Å². The van der Waals surface area contributed by atoms with Gasteiger partial charge in [0.2, 0.25) is 0 Å². The van der Waals surface area contributed by atoms with Crippen LogP contribution in [0.3, 0.4) is 0 Å². The molecule has 1 saturated heterocycles. The van der Waals surface area contributed by atoms with E-state index in [1.807, 2.05) is 19.1 Å². The molecule has 1 fully saturated rings. The minimum Gasteiger partial charge on any atom is -0.457 e. The van der Waals surface area contributed by atoms with E-state index in [4.69, 9.17) is 27.9 Å². The maximum Gasteiger partial charge on any atom is 0.274 e. The van der Waals surface area contributed by atoms with Gasteiger partial charge >= 0.3 is 0 Å². The Labute approximate surface area is 250 Å². The first kappa shape index (κ1) is 29.0. The summed E-state index contributed by atoms with van der Waals surface area (Å²) in [5.41, 5.74) is 0.0854. The van der Waals surface area contributed by atoms with Gasteiger partial charge in [0.25, 0.3) is 23.4 Å². The number of carbonyl (C=O) groups is 4. The fraction of sp³-hybridized carbons (Fsp3) is 0.200. The SMILES string of the molecule is C[C@@H]1C=CC[C@H]2C(=O)N(N(CC(=O)c3ccc(Oc4ccc([N+](=O)[O-])cc4)cc3)C(=O)c3ccc(Cl)cc3Cl)C(=O)[C@@H]12. The van der Waals surface area contributed by atoms with E-state index in [2.05, 4.69) is 0 Å². The van der Waals surface area contributed by atoms with Gasteiger partial charge in [0, 0.05) is 22.7 Å². The molecule has 214 valence electrons. The van der Waals surface area contributed by atoms with Crippen LogP contribution in [-0.4, -0.2) is 45.0 Å². The molecular weight excluding hydrogens is 585 g/mol. The van der Waals surface area contributed by atoms with Crippen LogP contribution in [0.4, 0.5) is 5.69 Å². The molecule has 42 heavy (non-hydrogen) atoms. The number of imide groups is 1. The molecule has 0 aromatic heterocycles. The smallest absolute Gasteiger partial charge is 0.274 e. The van der Waals surface area contributed by atoms with Crippen molar-refractivity contribution < 1.29 is 28.8 Å². The summed E-state index contributed by atoms with van der Waals surface area (Å²) in [5.74, 6) is -3.26. The standard InChI is InChI=1S/C30H23Cl2N3O7/c1-17-3-2-4-24-27(17)30(39)34(29(24)38)33(28(37)23-14-7-19(31)15-25(23)32)16-26(36)18-5-10-21(11-6-18)42-22-12-8-20(9-13-22)35(40)41/h2-3,5-15,17,24,27H,4,16H2,1H3/t17-,24-,27+/m1/s1. The molecule has 10 nitrogen and oxygen atoms in total. The molecule has 0 saturated carbocycles. The van der Waals surface area contributed by atoms with Crippen molar-refractivity contribution in [3.05, 3.63) is 110 Å². The number of hydrazine groups is 1. The highest BCUT2D eigenvalue weighted by atomic mass is 35.5. The van der Waals surface area contributed by atoms with E-state index in [-0.39, 0.29) is 32.8 Å². The van der Waals surface area contributed by atoms with Crippen molar-refractivity contribution in [1.29, 1.82) is 0 Å². The number of halogens is 2. The van der Waals surface area contributed by atoms with Crippen LogP contribution >= 0.6 is 23.2 Å². The highest BCUT2D eigenvalue weighted by Gasteiger charge is 2.53. The van der Waals surface area contributed by atoms with Crippen LogP contribution in [0.2, 0.25) is 10.0 Å². The number of rotatable bonds is 8. The normalized spacial score (nSPS) is 19.4. The molecule has 5 rings (SSSR count). The number of amides is 3. The Balaban J connectivity index is 1.40. The zero-order valence-electron chi connectivity index (χ0n) is 22.1. The third kappa shape index (κ3) is 5.63. The van der Waals surface area contributed by atoms with Crippen LogP contribution in [0.5, 0.6) is 11.5 Å². The van der Waals surface area contributed by atoms with Gasteiger partial charge in [-0.15, -0.1) is 0 Å². The monoisotopic (exact) mass is 607 g/mol. The van der Waals surface area contributed by atoms with E-state index in [0.717, 1.165) is 10.0 Å². The Morgan fingerprint density at radius 1 is 1.00 bits per heavy atom. The lowest BCUT2D eigenvalue weighted by Crippen LogP contribution is -2.52. The van der Waals surface area contributed by atoms with E-state index >= 15 is 0 Å². The van der Waals surface area contributed by atoms with Crippen LogP contribution in [0, 0.1) is 27.9 Å². The van der Waals surface area contributed by atoms with Gasteiger partial charge in [-0.3, -0.25) is 29.3 Å². The molecule has 3 aromatic carbocycles. The van der Waals surface area contributed by atoms with Crippen molar-refractivity contribution in [1.82, 2.24) is 10.0 Å². The highest BCUT2D eigenvalue weighted by molar-refractivity contribution is 6.36. The minimum atomic E-state index is -0.802. The molecular formula is C30H23Cl2N3O7. The molecule has 1 aliphatic carbocycles. The number of non-ortho nitro benzene ring substituents is 1. The van der Waals surface area contributed by atoms with Gasteiger partial charge in [-0.2, -0.15) is 5.01 Å². The lowest BCUT2D eigenvalue weighted by Gasteiger charge is -2.30. The Kier molecular flexibility index (Phi) is 8.11. The summed E-state index contributed by atoms with van der Waals surface area (Å²) in [6.45, 7) is 1.22. The first-order chi connectivity index (χ1) is 20.0. The molecule has 0 bridgehead atoms. The third-order valence-electron chi connectivity index (χ3n) is 7.24. The van der Waals surface area contributed by atoms with E-state index in [9.17, 15) is 29.3 Å². The number of fused-ring (bicyclic) bond motifs is 1. The van der Waals surface area contributed by atoms with E-state index in [1.54, 1.807) is 0 Å². The minimum absolute atomic E-state index is 0.00393. The topological polar surface area (TPSA) is 127 Å². The van der Waals surface area contributed by atoms with Crippen molar-refractivity contribution in [2.45, 2.75) is 13.3 Å². The summed E-state index contributed by atoms with van der Waals surface area (Å²) in [6, 6.07) is 15.7. The third-order valence-corrected chi connectivity index (χ3v) is 7.79. The van der Waals surface area contributed by atoms with Gasteiger partial charge in [-0.1, -0.05) is 42.3 Å². The molecule has 0 unspecified atom stereocenters. The summed E-state index contributed by atoms with van der Waals surface area (Å²) < 4.78 is 5.69. The molecule has 0 radical (unpaired) electrons. The zero-order chi connectivity index (χ0) is 30.1. The van der Waals surface area contributed by atoms with Crippen molar-refractivity contribution in [3.8, 4) is 11.5 Å². The largest absolute Gasteiger partial charge is 0.457 e. The summed E-state index contributed by atoms with van der Waals surface area (Å²) in [6.07, 6.45) is 4.06. The molecule has 1 aliphatic heterocycles. The Morgan fingerprint density at radius 2 is 1.64 bits per heavy atom. The number of carbonyl (C=O) groups excluding carboxylic acids is 4. The number of hydrogen-bond acceptors (Lipinski definition) is 7. The molecule has 3 amide bonds. The number of ketones is 1. The average molecular weight is 608 g/mol. The van der Waals surface area contributed by atoms with Crippen LogP contribution in [-0.2, 0) is 9.59 Å². The molecule has 1 heterocycles. The fourth-order valence-corrected chi connectivity index (χ4v) is 5.60. The van der Waals surface area contributed by atoms with E-state index in [0.29, 0.717) is 17.9 Å². The van der Waals surface area contributed by atoms with Crippen LogP contribution in [0.15, 0.2) is 78.9 Å². The van der Waals surface area contributed by atoms with E-state index in [1.165, 1.54) is 66.7 Å². The molecule has 3 atom stereocenters. The molecule has 0 spiro atoms. The Bertz CT molecular complexity index is 1620. The lowest BCUT2D eigenvalue weighted by atomic mass is 9.78. The number of ether oxygens (including phenoxy) is 1. The fourth-order valence-electron chi connectivity index (χ4n) is 5.11. The van der Waals surface area contributed by atoms with Crippen molar-refractivity contribution in [2.75, 3.05) is 6.54 Å². The second-order valence-electron chi connectivity index (χ2n) is 9.93. The predicted octanol–water partition coefficient (Wildman–Crippen LogP) is 6.13. The lowest BCUT2D eigenvalue weighted by molar-refractivity contribution is -0.384. The second kappa shape index (κ2) is 11.8. The number of nitrogens with zero attached hydrogens (tertiary/aromatic N) is 3. The summed E-state index contributed by atoms with van der Waals surface area (Å²) >= 11 is 12.3. The summed E-state index contributed by atoms with van der Waals surface area (Å²) in [5, 5.41) is 12.8. The number of benzene rings is 3. The number of allylic oxidation sites excluding steroid dienone is 2. The van der Waals surface area contributed by atoms with Gasteiger partial charge in [0.1, 0.15) is 18.0 Å². The van der Waals surface area contributed by atoms with Crippen LogP contribution in [0.25, 0.3) is 0 Å². The van der Waals surface area contributed by atoms with Crippen LogP contribution < -0.4 is 4.74 Å². The number of Topliss-reactive ketones (excluding diaryl/α,β-unsaturated/α-hetero) is 1. The van der Waals surface area contributed by atoms with Crippen molar-refractivity contribution in [2.24, 2.45) is 17.8 Å². The highest BCUT2D eigenvalue weighted by Crippen LogP contribution is 2.39. The molecule has 0 N–H and O–H groups in total. The summed E-state index contributed by atoms with van der Waals surface area (Å²) in [4.78, 5) is 64.5. The van der Waals surface area contributed by atoms with Gasteiger partial charge in [0.05, 0.1) is 27.3 Å². The van der Waals surface area contributed by atoms with E-state index < -0.39 is 46.8 Å². The van der Waals surface area contributed by atoms with Gasteiger partial charge in [0.15, 0.2) is 5.78 Å². The second-order valence-corrected chi connectivity index (χ2v) is 10.8. The maximum atomic E-state index is 13.8.